The first-order valence-corrected chi connectivity index (χ1v) is 5.86. The van der Waals surface area contributed by atoms with Crippen LogP contribution < -0.4 is 0 Å². The summed E-state index contributed by atoms with van der Waals surface area (Å²) in [6.07, 6.45) is 6.04. The zero-order valence-corrected chi connectivity index (χ0v) is 9.28. The number of aldehydes is 1. The van der Waals surface area contributed by atoms with Gasteiger partial charge in [-0.1, -0.05) is 0 Å². The van der Waals surface area contributed by atoms with E-state index in [1.165, 1.54) is 25.7 Å². The van der Waals surface area contributed by atoms with Crippen molar-refractivity contribution in [3.05, 3.63) is 0 Å². The second-order valence-corrected chi connectivity index (χ2v) is 5.25. The lowest BCUT2D eigenvalue weighted by atomic mass is 9.70. The molecule has 2 heteroatoms. The molecule has 2 nitrogen and oxygen atoms in total. The summed E-state index contributed by atoms with van der Waals surface area (Å²) in [6.45, 7) is 3.55. The van der Waals surface area contributed by atoms with Gasteiger partial charge in [-0.05, 0) is 51.5 Å². The van der Waals surface area contributed by atoms with Crippen molar-refractivity contribution in [2.24, 2.45) is 17.8 Å². The Hall–Kier alpha value is -0.370. The number of rotatable bonds is 1. The van der Waals surface area contributed by atoms with E-state index in [9.17, 15) is 4.79 Å². The minimum Gasteiger partial charge on any atom is -0.303 e. The molecule has 2 aliphatic rings. The van der Waals surface area contributed by atoms with Crippen LogP contribution in [0.5, 0.6) is 0 Å². The van der Waals surface area contributed by atoms with Gasteiger partial charge in [0.1, 0.15) is 6.29 Å². The van der Waals surface area contributed by atoms with E-state index in [0.717, 1.165) is 24.7 Å². The van der Waals surface area contributed by atoms with Crippen LogP contribution in [-0.2, 0) is 4.79 Å². The second kappa shape index (κ2) is 4.01. The van der Waals surface area contributed by atoms with Gasteiger partial charge in [0.05, 0.1) is 0 Å². The van der Waals surface area contributed by atoms with E-state index in [4.69, 9.17) is 0 Å². The molecule has 2 fully saturated rings. The normalized spacial score (nSPS) is 44.4. The quantitative estimate of drug-likeness (QED) is 0.596. The smallest absolute Gasteiger partial charge is 0.123 e. The molecule has 0 spiro atoms. The van der Waals surface area contributed by atoms with Crippen LogP contribution in [0.25, 0.3) is 0 Å². The van der Waals surface area contributed by atoms with Crippen molar-refractivity contribution in [1.29, 1.82) is 0 Å². The van der Waals surface area contributed by atoms with E-state index >= 15 is 0 Å². The van der Waals surface area contributed by atoms with Crippen molar-refractivity contribution in [1.82, 2.24) is 4.90 Å². The molecule has 0 bridgehead atoms. The van der Waals surface area contributed by atoms with Gasteiger partial charge in [0.15, 0.2) is 0 Å². The van der Waals surface area contributed by atoms with Crippen LogP contribution in [-0.4, -0.2) is 30.8 Å². The third-order valence-corrected chi connectivity index (χ3v) is 4.29. The van der Waals surface area contributed by atoms with Gasteiger partial charge in [-0.2, -0.15) is 0 Å². The summed E-state index contributed by atoms with van der Waals surface area (Å²) in [5, 5.41) is 0. The molecule has 1 saturated carbocycles. The first-order chi connectivity index (χ1) is 6.70. The zero-order chi connectivity index (χ0) is 10.1. The molecule has 1 saturated heterocycles. The summed E-state index contributed by atoms with van der Waals surface area (Å²) < 4.78 is 0. The fourth-order valence-corrected chi connectivity index (χ4v) is 3.18. The van der Waals surface area contributed by atoms with Gasteiger partial charge in [-0.3, -0.25) is 0 Å². The first kappa shape index (κ1) is 10.2. The largest absolute Gasteiger partial charge is 0.303 e. The first-order valence-electron chi connectivity index (χ1n) is 5.86. The van der Waals surface area contributed by atoms with Crippen LogP contribution in [0.3, 0.4) is 0 Å². The van der Waals surface area contributed by atoms with Crippen LogP contribution in [0.4, 0.5) is 0 Å². The number of hydrogen-bond donors (Lipinski definition) is 0. The lowest BCUT2D eigenvalue weighted by Crippen LogP contribution is -2.45. The third-order valence-electron chi connectivity index (χ3n) is 4.29. The van der Waals surface area contributed by atoms with Gasteiger partial charge < -0.3 is 9.69 Å². The summed E-state index contributed by atoms with van der Waals surface area (Å²) in [5.74, 6) is 2.06. The lowest BCUT2D eigenvalue weighted by Gasteiger charge is -2.44. The Morgan fingerprint density at radius 1 is 1.21 bits per heavy atom. The molecular formula is C12H21NO. The summed E-state index contributed by atoms with van der Waals surface area (Å²) >= 11 is 0. The average molecular weight is 195 g/mol. The Morgan fingerprint density at radius 2 is 2.00 bits per heavy atom. The minimum atomic E-state index is 0.367. The average Bonchev–Trinajstić information content (AvgIpc) is 2.19. The molecule has 14 heavy (non-hydrogen) atoms. The Morgan fingerprint density at radius 3 is 2.71 bits per heavy atom. The Labute approximate surface area is 86.7 Å². The monoisotopic (exact) mass is 195 g/mol. The van der Waals surface area contributed by atoms with Gasteiger partial charge in [-0.25, -0.2) is 0 Å². The van der Waals surface area contributed by atoms with Crippen molar-refractivity contribution >= 4 is 6.29 Å². The maximum Gasteiger partial charge on any atom is 0.123 e. The molecule has 0 N–H and O–H groups in total. The number of piperidine rings is 1. The van der Waals surface area contributed by atoms with Gasteiger partial charge in [0.2, 0.25) is 0 Å². The molecule has 0 aromatic rings. The fraction of sp³-hybridized carbons (Fsp3) is 0.917. The molecule has 0 aromatic heterocycles. The topological polar surface area (TPSA) is 20.3 Å². The highest BCUT2D eigenvalue weighted by molar-refractivity contribution is 5.53. The molecule has 2 rings (SSSR count). The van der Waals surface area contributed by atoms with E-state index in [1.807, 2.05) is 0 Å². The maximum absolute atomic E-state index is 10.8. The third kappa shape index (κ3) is 1.85. The molecule has 1 aliphatic heterocycles. The lowest BCUT2D eigenvalue weighted by molar-refractivity contribution is -0.113. The molecule has 0 aromatic carbocycles. The molecule has 4 atom stereocenters. The molecule has 1 aliphatic carbocycles. The van der Waals surface area contributed by atoms with Gasteiger partial charge in [0.25, 0.3) is 0 Å². The molecular weight excluding hydrogens is 174 g/mol. The highest BCUT2D eigenvalue weighted by Crippen LogP contribution is 2.39. The van der Waals surface area contributed by atoms with Crippen LogP contribution >= 0.6 is 0 Å². The Balaban J connectivity index is 1.98. The number of fused-ring (bicyclic) bond motifs is 1. The number of nitrogens with zero attached hydrogens (tertiary/aromatic N) is 1. The number of carbonyl (C=O) groups excluding carboxylic acids is 1. The standard InChI is InChI=1S/C12H21NO/c1-9-5-12-6-10(8-14)3-4-11(12)7-13(9)2/h8-12H,3-7H2,1-2H3. The predicted octanol–water partition coefficient (Wildman–Crippen LogP) is 1.94. The number of likely N-dealkylation sites (tertiary alicyclic amines) is 1. The second-order valence-electron chi connectivity index (χ2n) is 5.25. The minimum absolute atomic E-state index is 0.367. The highest BCUT2D eigenvalue weighted by atomic mass is 16.1. The summed E-state index contributed by atoms with van der Waals surface area (Å²) in [7, 11) is 2.23. The number of carbonyl (C=O) groups is 1. The molecule has 1 heterocycles. The van der Waals surface area contributed by atoms with Crippen molar-refractivity contribution in [2.45, 2.75) is 38.6 Å². The predicted molar refractivity (Wildman–Crippen MR) is 57.1 cm³/mol. The van der Waals surface area contributed by atoms with E-state index in [2.05, 4.69) is 18.9 Å². The van der Waals surface area contributed by atoms with Crippen LogP contribution in [0.2, 0.25) is 0 Å². The van der Waals surface area contributed by atoms with Crippen LogP contribution in [0, 0.1) is 17.8 Å². The van der Waals surface area contributed by atoms with Crippen molar-refractivity contribution < 1.29 is 4.79 Å². The Bertz CT molecular complexity index is 216. The fourth-order valence-electron chi connectivity index (χ4n) is 3.18. The van der Waals surface area contributed by atoms with E-state index in [0.29, 0.717) is 12.0 Å². The van der Waals surface area contributed by atoms with Crippen molar-refractivity contribution in [2.75, 3.05) is 13.6 Å². The maximum atomic E-state index is 10.8. The van der Waals surface area contributed by atoms with E-state index in [-0.39, 0.29) is 0 Å². The molecule has 0 radical (unpaired) electrons. The zero-order valence-electron chi connectivity index (χ0n) is 9.28. The molecule has 4 unspecified atom stereocenters. The van der Waals surface area contributed by atoms with E-state index < -0.39 is 0 Å². The molecule has 0 amide bonds. The van der Waals surface area contributed by atoms with Crippen LogP contribution in [0.15, 0.2) is 0 Å². The van der Waals surface area contributed by atoms with Gasteiger partial charge in [0, 0.05) is 18.5 Å². The number of hydrogen-bond acceptors (Lipinski definition) is 2. The van der Waals surface area contributed by atoms with Crippen molar-refractivity contribution in [3.8, 4) is 0 Å². The summed E-state index contributed by atoms with van der Waals surface area (Å²) in [4.78, 5) is 13.2. The SMILES string of the molecule is CC1CC2CC(C=O)CCC2CN1C. The summed E-state index contributed by atoms with van der Waals surface area (Å²) in [5.41, 5.74) is 0. The molecule has 80 valence electrons. The van der Waals surface area contributed by atoms with Crippen LogP contribution in [0.1, 0.15) is 32.6 Å². The van der Waals surface area contributed by atoms with E-state index in [1.54, 1.807) is 0 Å². The van der Waals surface area contributed by atoms with Gasteiger partial charge in [-0.15, -0.1) is 0 Å². The Kier molecular flexibility index (Phi) is 2.91. The summed E-state index contributed by atoms with van der Waals surface area (Å²) in [6, 6.07) is 0.710. The highest BCUT2D eigenvalue weighted by Gasteiger charge is 2.36. The van der Waals surface area contributed by atoms with Gasteiger partial charge >= 0.3 is 0 Å². The van der Waals surface area contributed by atoms with Crippen molar-refractivity contribution in [3.63, 3.8) is 0 Å².